The Morgan fingerprint density at radius 2 is 1.63 bits per heavy atom. The van der Waals surface area contributed by atoms with Crippen molar-refractivity contribution >= 4 is 11.7 Å². The number of carbonyl (C=O) groups is 2. The van der Waals surface area contributed by atoms with Crippen LogP contribution >= 0.6 is 0 Å². The molecule has 1 aliphatic rings. The monoisotopic (exact) mass is 367 g/mol. The molecule has 2 aromatic rings. The molecule has 2 heterocycles. The number of aromatic nitrogens is 1. The molecule has 1 aromatic carbocycles. The standard InChI is InChI=1S/C22H29N3O2/c1-16(2)25-17(3)14-20(18(25)4)21(26)15-23-10-12-24(13-11-23)22(27)19-8-6-5-7-9-19/h5-9,14,16H,10-13,15H2,1-4H3. The molecule has 1 aliphatic heterocycles. The van der Waals surface area contributed by atoms with Crippen LogP contribution in [0.1, 0.15) is 52.0 Å². The third kappa shape index (κ3) is 4.14. The van der Waals surface area contributed by atoms with Crippen molar-refractivity contribution < 1.29 is 9.59 Å². The molecule has 27 heavy (non-hydrogen) atoms. The topological polar surface area (TPSA) is 45.6 Å². The number of hydrogen-bond acceptors (Lipinski definition) is 3. The van der Waals surface area contributed by atoms with E-state index in [9.17, 15) is 9.59 Å². The molecule has 0 radical (unpaired) electrons. The van der Waals surface area contributed by atoms with Crippen LogP contribution in [0.4, 0.5) is 0 Å². The SMILES string of the molecule is Cc1cc(C(=O)CN2CCN(C(=O)c3ccccc3)CC2)c(C)n1C(C)C. The van der Waals surface area contributed by atoms with Crippen LogP contribution in [0.2, 0.25) is 0 Å². The average Bonchev–Trinajstić information content (AvgIpc) is 2.97. The molecule has 144 valence electrons. The number of hydrogen-bond donors (Lipinski definition) is 0. The highest BCUT2D eigenvalue weighted by Gasteiger charge is 2.25. The van der Waals surface area contributed by atoms with Crippen LogP contribution < -0.4 is 0 Å². The molecule has 1 aromatic heterocycles. The summed E-state index contributed by atoms with van der Waals surface area (Å²) < 4.78 is 2.21. The molecule has 1 fully saturated rings. The number of aryl methyl sites for hydroxylation is 1. The van der Waals surface area contributed by atoms with Gasteiger partial charge in [-0.2, -0.15) is 0 Å². The van der Waals surface area contributed by atoms with Gasteiger partial charge in [0, 0.05) is 54.7 Å². The molecule has 5 heteroatoms. The van der Waals surface area contributed by atoms with Gasteiger partial charge in [-0.1, -0.05) is 18.2 Å². The maximum absolute atomic E-state index is 12.8. The normalized spacial score (nSPS) is 15.4. The summed E-state index contributed by atoms with van der Waals surface area (Å²) >= 11 is 0. The van der Waals surface area contributed by atoms with Crippen molar-refractivity contribution in [2.45, 2.75) is 33.7 Å². The van der Waals surface area contributed by atoms with Crippen LogP contribution in [0.5, 0.6) is 0 Å². The van der Waals surface area contributed by atoms with Crippen molar-refractivity contribution in [1.82, 2.24) is 14.4 Å². The summed E-state index contributed by atoms with van der Waals surface area (Å²) in [5.41, 5.74) is 3.72. The first-order valence-electron chi connectivity index (χ1n) is 9.66. The van der Waals surface area contributed by atoms with E-state index in [1.807, 2.05) is 48.2 Å². The summed E-state index contributed by atoms with van der Waals surface area (Å²) in [6.07, 6.45) is 0. The second kappa shape index (κ2) is 8.09. The fraction of sp³-hybridized carbons (Fsp3) is 0.455. The van der Waals surface area contributed by atoms with Crippen molar-refractivity contribution in [3.8, 4) is 0 Å². The molecule has 1 amide bonds. The molecule has 1 saturated heterocycles. The molecule has 0 spiro atoms. The van der Waals surface area contributed by atoms with Crippen molar-refractivity contribution in [2.24, 2.45) is 0 Å². The molecule has 0 bridgehead atoms. The summed E-state index contributed by atoms with van der Waals surface area (Å²) in [4.78, 5) is 29.4. The summed E-state index contributed by atoms with van der Waals surface area (Å²) in [5, 5.41) is 0. The van der Waals surface area contributed by atoms with E-state index in [-0.39, 0.29) is 11.7 Å². The number of nitrogens with zero attached hydrogens (tertiary/aromatic N) is 3. The third-order valence-electron chi connectivity index (χ3n) is 5.35. The highest BCUT2D eigenvalue weighted by atomic mass is 16.2. The van der Waals surface area contributed by atoms with Crippen molar-refractivity contribution in [3.05, 3.63) is 58.9 Å². The fourth-order valence-corrected chi connectivity index (χ4v) is 4.01. The number of piperazine rings is 1. The predicted octanol–water partition coefficient (Wildman–Crippen LogP) is 3.33. The second-order valence-corrected chi connectivity index (χ2v) is 7.61. The molecular formula is C22H29N3O2. The van der Waals surface area contributed by atoms with Crippen molar-refractivity contribution in [2.75, 3.05) is 32.7 Å². The number of rotatable bonds is 5. The van der Waals surface area contributed by atoms with Gasteiger partial charge in [-0.3, -0.25) is 14.5 Å². The lowest BCUT2D eigenvalue weighted by Crippen LogP contribution is -2.49. The predicted molar refractivity (Wildman–Crippen MR) is 107 cm³/mol. The minimum absolute atomic E-state index is 0.0713. The largest absolute Gasteiger partial charge is 0.346 e. The molecule has 0 unspecified atom stereocenters. The van der Waals surface area contributed by atoms with Gasteiger partial charge in [0.1, 0.15) is 0 Å². The van der Waals surface area contributed by atoms with Crippen LogP contribution in [0.3, 0.4) is 0 Å². The Kier molecular flexibility index (Phi) is 5.80. The first-order chi connectivity index (χ1) is 12.9. The maximum Gasteiger partial charge on any atom is 0.253 e. The maximum atomic E-state index is 12.8. The highest BCUT2D eigenvalue weighted by molar-refractivity contribution is 5.99. The summed E-state index contributed by atoms with van der Waals surface area (Å²) in [6.45, 7) is 11.5. The molecule has 0 aliphatic carbocycles. The second-order valence-electron chi connectivity index (χ2n) is 7.61. The number of Topliss-reactive ketones (excluding diaryl/α,β-unsaturated/α-hetero) is 1. The zero-order valence-electron chi connectivity index (χ0n) is 16.7. The highest BCUT2D eigenvalue weighted by Crippen LogP contribution is 2.21. The van der Waals surface area contributed by atoms with E-state index in [1.54, 1.807) is 0 Å². The van der Waals surface area contributed by atoms with E-state index >= 15 is 0 Å². The fourth-order valence-electron chi connectivity index (χ4n) is 4.01. The minimum Gasteiger partial charge on any atom is -0.346 e. The Morgan fingerprint density at radius 1 is 1.00 bits per heavy atom. The zero-order chi connectivity index (χ0) is 19.6. The van der Waals surface area contributed by atoms with Gasteiger partial charge < -0.3 is 9.47 Å². The molecular weight excluding hydrogens is 338 g/mol. The smallest absolute Gasteiger partial charge is 0.253 e. The van der Waals surface area contributed by atoms with E-state index in [0.29, 0.717) is 25.7 Å². The Hall–Kier alpha value is -2.40. The van der Waals surface area contributed by atoms with Gasteiger partial charge in [0.15, 0.2) is 5.78 Å². The Balaban J connectivity index is 1.59. The summed E-state index contributed by atoms with van der Waals surface area (Å²) in [5.74, 6) is 0.236. The van der Waals surface area contributed by atoms with E-state index in [0.717, 1.165) is 35.6 Å². The summed E-state index contributed by atoms with van der Waals surface area (Å²) in [7, 11) is 0. The lowest BCUT2D eigenvalue weighted by Gasteiger charge is -2.34. The van der Waals surface area contributed by atoms with Gasteiger partial charge in [-0.15, -0.1) is 0 Å². The molecule has 0 saturated carbocycles. The number of benzene rings is 1. The van der Waals surface area contributed by atoms with E-state index in [1.165, 1.54) is 0 Å². The third-order valence-corrected chi connectivity index (χ3v) is 5.35. The lowest BCUT2D eigenvalue weighted by atomic mass is 10.1. The number of ketones is 1. The van der Waals surface area contributed by atoms with E-state index < -0.39 is 0 Å². The molecule has 0 atom stereocenters. The quantitative estimate of drug-likeness (QED) is 0.762. The van der Waals surface area contributed by atoms with Gasteiger partial charge in [-0.25, -0.2) is 0 Å². The lowest BCUT2D eigenvalue weighted by molar-refractivity contribution is 0.0624. The van der Waals surface area contributed by atoms with Crippen LogP contribution in [-0.2, 0) is 0 Å². The Morgan fingerprint density at radius 3 is 2.19 bits per heavy atom. The van der Waals surface area contributed by atoms with Gasteiger partial charge in [0.05, 0.1) is 6.54 Å². The van der Waals surface area contributed by atoms with Crippen molar-refractivity contribution in [1.29, 1.82) is 0 Å². The Bertz CT molecular complexity index is 816. The van der Waals surface area contributed by atoms with Gasteiger partial charge in [-0.05, 0) is 45.9 Å². The van der Waals surface area contributed by atoms with Gasteiger partial charge in [0.2, 0.25) is 0 Å². The van der Waals surface area contributed by atoms with Gasteiger partial charge in [0.25, 0.3) is 5.91 Å². The van der Waals surface area contributed by atoms with Crippen LogP contribution in [0.15, 0.2) is 36.4 Å². The zero-order valence-corrected chi connectivity index (χ0v) is 16.7. The molecule has 5 nitrogen and oxygen atoms in total. The minimum atomic E-state index is 0.0713. The molecule has 3 rings (SSSR count). The van der Waals surface area contributed by atoms with Crippen LogP contribution in [-0.4, -0.2) is 58.8 Å². The van der Waals surface area contributed by atoms with Crippen LogP contribution in [0, 0.1) is 13.8 Å². The van der Waals surface area contributed by atoms with Crippen LogP contribution in [0.25, 0.3) is 0 Å². The van der Waals surface area contributed by atoms with E-state index in [4.69, 9.17) is 0 Å². The summed E-state index contributed by atoms with van der Waals surface area (Å²) in [6, 6.07) is 11.7. The van der Waals surface area contributed by atoms with E-state index in [2.05, 4.69) is 30.2 Å². The molecule has 0 N–H and O–H groups in total. The van der Waals surface area contributed by atoms with Gasteiger partial charge >= 0.3 is 0 Å². The first kappa shape index (κ1) is 19.4. The Labute approximate surface area is 161 Å². The number of carbonyl (C=O) groups excluding carboxylic acids is 2. The average molecular weight is 367 g/mol. The van der Waals surface area contributed by atoms with Crippen molar-refractivity contribution in [3.63, 3.8) is 0 Å². The first-order valence-corrected chi connectivity index (χ1v) is 9.66. The number of amides is 1.